The third-order valence-electron chi connectivity index (χ3n) is 4.60. The molecule has 5 heteroatoms. The molecule has 3 saturated heterocycles. The summed E-state index contributed by atoms with van der Waals surface area (Å²) in [4.78, 5) is 17.1. The molecule has 0 aromatic rings. The zero-order chi connectivity index (χ0) is 11.8. The quantitative estimate of drug-likeness (QED) is 0.765. The third-order valence-corrected chi connectivity index (χ3v) is 4.60. The van der Waals surface area contributed by atoms with Gasteiger partial charge in [0.25, 0.3) is 0 Å². The normalized spacial score (nSPS) is 33.3. The van der Waals surface area contributed by atoms with Crippen molar-refractivity contribution in [2.24, 2.45) is 5.92 Å². The number of piperazine rings is 1. The van der Waals surface area contributed by atoms with E-state index < -0.39 is 0 Å². The zero-order valence-corrected chi connectivity index (χ0v) is 11.9. The Morgan fingerprint density at radius 2 is 2.00 bits per heavy atom. The molecule has 0 saturated carbocycles. The van der Waals surface area contributed by atoms with E-state index >= 15 is 0 Å². The average molecular weight is 274 g/mol. The van der Waals surface area contributed by atoms with Crippen LogP contribution in [0.5, 0.6) is 0 Å². The Hall–Kier alpha value is -0.320. The summed E-state index contributed by atoms with van der Waals surface area (Å²) < 4.78 is 0. The van der Waals surface area contributed by atoms with Gasteiger partial charge in [0, 0.05) is 38.3 Å². The highest BCUT2D eigenvalue weighted by Crippen LogP contribution is 2.25. The molecule has 3 heterocycles. The van der Waals surface area contributed by atoms with Gasteiger partial charge in [-0.3, -0.25) is 9.69 Å². The van der Waals surface area contributed by atoms with Crippen LogP contribution in [0.3, 0.4) is 0 Å². The predicted molar refractivity (Wildman–Crippen MR) is 74.0 cm³/mol. The van der Waals surface area contributed by atoms with Crippen LogP contribution < -0.4 is 5.32 Å². The maximum Gasteiger partial charge on any atom is 0.228 e. The minimum absolute atomic E-state index is 0. The van der Waals surface area contributed by atoms with Gasteiger partial charge in [-0.15, -0.1) is 12.4 Å². The van der Waals surface area contributed by atoms with Crippen molar-refractivity contribution in [3.63, 3.8) is 0 Å². The summed E-state index contributed by atoms with van der Waals surface area (Å²) >= 11 is 0. The minimum atomic E-state index is 0. The molecule has 1 amide bonds. The number of hydrogen-bond acceptors (Lipinski definition) is 3. The molecule has 3 rings (SSSR count). The number of amides is 1. The Morgan fingerprint density at radius 1 is 1.22 bits per heavy atom. The second-order valence-corrected chi connectivity index (χ2v) is 5.84. The van der Waals surface area contributed by atoms with Crippen LogP contribution in [-0.2, 0) is 4.79 Å². The van der Waals surface area contributed by atoms with Gasteiger partial charge in [0.1, 0.15) is 0 Å². The molecule has 2 unspecified atom stereocenters. The average Bonchev–Trinajstić information content (AvgIpc) is 2.25. The summed E-state index contributed by atoms with van der Waals surface area (Å²) in [6.07, 6.45) is 3.95. The standard InChI is InChI=1S/C13H23N3O.ClH/c1-10-8-15-5-3-2-4-12(15)9-16(10)13(17)11-6-14-7-11;/h10-12,14H,2-9H2,1H3;1H. The summed E-state index contributed by atoms with van der Waals surface area (Å²) in [5, 5.41) is 3.19. The fourth-order valence-corrected chi connectivity index (χ4v) is 3.36. The Labute approximate surface area is 115 Å². The number of nitrogens with one attached hydrogen (secondary N) is 1. The summed E-state index contributed by atoms with van der Waals surface area (Å²) in [6.45, 7) is 7.26. The van der Waals surface area contributed by atoms with Gasteiger partial charge >= 0.3 is 0 Å². The monoisotopic (exact) mass is 273 g/mol. The van der Waals surface area contributed by atoms with Gasteiger partial charge in [-0.25, -0.2) is 0 Å². The summed E-state index contributed by atoms with van der Waals surface area (Å²) in [5.41, 5.74) is 0. The third kappa shape index (κ3) is 2.51. The molecule has 0 spiro atoms. The predicted octanol–water partition coefficient (Wildman–Crippen LogP) is 0.713. The summed E-state index contributed by atoms with van der Waals surface area (Å²) in [7, 11) is 0. The largest absolute Gasteiger partial charge is 0.337 e. The van der Waals surface area contributed by atoms with Gasteiger partial charge in [0.05, 0.1) is 5.92 Å². The molecule has 0 aromatic carbocycles. The summed E-state index contributed by atoms with van der Waals surface area (Å²) in [6, 6.07) is 1.04. The Kier molecular flexibility index (Phi) is 4.51. The number of nitrogens with zero attached hydrogens (tertiary/aromatic N) is 2. The Morgan fingerprint density at radius 3 is 2.67 bits per heavy atom. The lowest BCUT2D eigenvalue weighted by molar-refractivity contribution is -0.144. The fraction of sp³-hybridized carbons (Fsp3) is 0.923. The van der Waals surface area contributed by atoms with E-state index in [0.29, 0.717) is 18.0 Å². The highest BCUT2D eigenvalue weighted by Gasteiger charge is 2.38. The van der Waals surface area contributed by atoms with E-state index in [-0.39, 0.29) is 18.3 Å². The molecular formula is C13H24ClN3O. The molecule has 0 bridgehead atoms. The minimum Gasteiger partial charge on any atom is -0.337 e. The number of halogens is 1. The fourth-order valence-electron chi connectivity index (χ4n) is 3.36. The molecule has 4 nitrogen and oxygen atoms in total. The smallest absolute Gasteiger partial charge is 0.228 e. The SMILES string of the molecule is CC1CN2CCCCC2CN1C(=O)C1CNC1.Cl. The van der Waals surface area contributed by atoms with Crippen molar-refractivity contribution in [1.29, 1.82) is 0 Å². The topological polar surface area (TPSA) is 35.6 Å². The van der Waals surface area contributed by atoms with E-state index in [9.17, 15) is 4.79 Å². The van der Waals surface area contributed by atoms with E-state index in [1.165, 1.54) is 25.8 Å². The van der Waals surface area contributed by atoms with Gasteiger partial charge in [0.15, 0.2) is 0 Å². The molecule has 1 N–H and O–H groups in total. The zero-order valence-electron chi connectivity index (χ0n) is 11.1. The Bertz CT molecular complexity index is 309. The van der Waals surface area contributed by atoms with Crippen molar-refractivity contribution in [1.82, 2.24) is 15.1 Å². The molecule has 3 fully saturated rings. The maximum absolute atomic E-state index is 12.3. The van der Waals surface area contributed by atoms with Crippen LogP contribution in [0, 0.1) is 5.92 Å². The van der Waals surface area contributed by atoms with Crippen molar-refractivity contribution in [3.8, 4) is 0 Å². The van der Waals surface area contributed by atoms with Gasteiger partial charge in [-0.2, -0.15) is 0 Å². The van der Waals surface area contributed by atoms with Gasteiger partial charge in [-0.1, -0.05) is 6.42 Å². The van der Waals surface area contributed by atoms with Gasteiger partial charge in [-0.05, 0) is 26.3 Å². The number of piperidine rings is 1. The van der Waals surface area contributed by atoms with E-state index in [1.54, 1.807) is 0 Å². The first kappa shape index (κ1) is 14.1. The van der Waals surface area contributed by atoms with Gasteiger partial charge < -0.3 is 10.2 Å². The lowest BCUT2D eigenvalue weighted by Gasteiger charge is -2.48. The first-order valence-corrected chi connectivity index (χ1v) is 7.01. The molecular weight excluding hydrogens is 250 g/mol. The number of rotatable bonds is 1. The van der Waals surface area contributed by atoms with Crippen molar-refractivity contribution in [2.75, 3.05) is 32.7 Å². The first-order valence-electron chi connectivity index (χ1n) is 7.01. The second kappa shape index (κ2) is 5.76. The van der Waals surface area contributed by atoms with Crippen LogP contribution in [0.15, 0.2) is 0 Å². The maximum atomic E-state index is 12.3. The van der Waals surface area contributed by atoms with Crippen molar-refractivity contribution in [2.45, 2.75) is 38.3 Å². The molecule has 0 aliphatic carbocycles. The molecule has 104 valence electrons. The van der Waals surface area contributed by atoms with E-state index in [1.807, 2.05) is 0 Å². The number of carbonyl (C=O) groups is 1. The van der Waals surface area contributed by atoms with E-state index in [4.69, 9.17) is 0 Å². The number of carbonyl (C=O) groups excluding carboxylic acids is 1. The highest BCUT2D eigenvalue weighted by atomic mass is 35.5. The first-order chi connectivity index (χ1) is 8.25. The molecule has 3 aliphatic rings. The lowest BCUT2D eigenvalue weighted by Crippen LogP contribution is -2.63. The van der Waals surface area contributed by atoms with Crippen LogP contribution in [0.2, 0.25) is 0 Å². The Balaban J connectivity index is 0.00000120. The molecule has 2 atom stereocenters. The van der Waals surface area contributed by atoms with Crippen molar-refractivity contribution in [3.05, 3.63) is 0 Å². The number of fused-ring (bicyclic) bond motifs is 1. The molecule has 3 aliphatic heterocycles. The van der Waals surface area contributed by atoms with Crippen molar-refractivity contribution >= 4 is 18.3 Å². The van der Waals surface area contributed by atoms with E-state index in [0.717, 1.165) is 26.2 Å². The van der Waals surface area contributed by atoms with Crippen LogP contribution >= 0.6 is 12.4 Å². The van der Waals surface area contributed by atoms with Crippen LogP contribution in [0.25, 0.3) is 0 Å². The van der Waals surface area contributed by atoms with Crippen LogP contribution in [-0.4, -0.2) is 60.5 Å². The summed E-state index contributed by atoms with van der Waals surface area (Å²) in [5.74, 6) is 0.647. The van der Waals surface area contributed by atoms with E-state index in [2.05, 4.69) is 22.0 Å². The number of hydrogen-bond donors (Lipinski definition) is 1. The van der Waals surface area contributed by atoms with Gasteiger partial charge in [0.2, 0.25) is 5.91 Å². The second-order valence-electron chi connectivity index (χ2n) is 5.84. The van der Waals surface area contributed by atoms with Crippen molar-refractivity contribution < 1.29 is 4.79 Å². The molecule has 0 aromatic heterocycles. The molecule has 18 heavy (non-hydrogen) atoms. The lowest BCUT2D eigenvalue weighted by atomic mass is 9.94. The molecule has 0 radical (unpaired) electrons. The van der Waals surface area contributed by atoms with Crippen LogP contribution in [0.1, 0.15) is 26.2 Å². The van der Waals surface area contributed by atoms with Crippen LogP contribution in [0.4, 0.5) is 0 Å². The highest BCUT2D eigenvalue weighted by molar-refractivity contribution is 5.85.